The van der Waals surface area contributed by atoms with Crippen molar-refractivity contribution in [3.05, 3.63) is 47.5 Å². The SMILES string of the molecule is CCCCCCCCCc1ccc2ccccc2c1CCCCCCCCC.[Na]. The number of aryl methyl sites for hydroxylation is 2. The Balaban J connectivity index is 0.00000420. The topological polar surface area (TPSA) is 0 Å². The Morgan fingerprint density at radius 1 is 0.517 bits per heavy atom. The summed E-state index contributed by atoms with van der Waals surface area (Å²) in [5.74, 6) is 0. The van der Waals surface area contributed by atoms with Crippen LogP contribution in [0.25, 0.3) is 10.8 Å². The summed E-state index contributed by atoms with van der Waals surface area (Å²) in [5, 5.41) is 2.93. The maximum absolute atomic E-state index is 2.43. The molecule has 0 unspecified atom stereocenters. The maximum Gasteiger partial charge on any atom is 0 e. The van der Waals surface area contributed by atoms with Crippen LogP contribution >= 0.6 is 0 Å². The van der Waals surface area contributed by atoms with Crippen molar-refractivity contribution in [3.63, 3.8) is 0 Å². The van der Waals surface area contributed by atoms with Gasteiger partial charge in [0.25, 0.3) is 0 Å². The van der Waals surface area contributed by atoms with E-state index >= 15 is 0 Å². The third-order valence-corrected chi connectivity index (χ3v) is 6.22. The van der Waals surface area contributed by atoms with Crippen LogP contribution in [0, 0.1) is 0 Å². The molecule has 2 aromatic rings. The Kier molecular flexibility index (Phi) is 16.0. The van der Waals surface area contributed by atoms with E-state index in [1.165, 1.54) is 114 Å². The van der Waals surface area contributed by atoms with E-state index < -0.39 is 0 Å². The van der Waals surface area contributed by atoms with E-state index in [-0.39, 0.29) is 29.6 Å². The summed E-state index contributed by atoms with van der Waals surface area (Å²) >= 11 is 0. The van der Waals surface area contributed by atoms with Crippen LogP contribution in [0.2, 0.25) is 0 Å². The van der Waals surface area contributed by atoms with Crippen molar-refractivity contribution in [1.29, 1.82) is 0 Å². The zero-order valence-electron chi connectivity index (χ0n) is 19.8. The predicted octanol–water partition coefficient (Wildman–Crippen LogP) is 9.05. The van der Waals surface area contributed by atoms with Crippen molar-refractivity contribution in [1.82, 2.24) is 0 Å². The number of rotatable bonds is 16. The fourth-order valence-electron chi connectivity index (χ4n) is 4.44. The predicted molar refractivity (Wildman–Crippen MR) is 133 cm³/mol. The largest absolute Gasteiger partial charge is 0.0654 e. The maximum atomic E-state index is 2.43. The fraction of sp³-hybridized carbons (Fsp3) is 0.643. The van der Waals surface area contributed by atoms with Gasteiger partial charge in [-0.1, -0.05) is 127 Å². The smallest absolute Gasteiger partial charge is 0 e. The number of hydrogen-bond donors (Lipinski definition) is 0. The van der Waals surface area contributed by atoms with Crippen molar-refractivity contribution < 1.29 is 0 Å². The van der Waals surface area contributed by atoms with Gasteiger partial charge in [-0.2, -0.15) is 0 Å². The van der Waals surface area contributed by atoms with Crippen molar-refractivity contribution in [3.8, 4) is 0 Å². The van der Waals surface area contributed by atoms with Crippen molar-refractivity contribution >= 4 is 40.3 Å². The second-order valence-corrected chi connectivity index (χ2v) is 8.67. The first kappa shape index (κ1) is 26.7. The number of unbranched alkanes of at least 4 members (excludes halogenated alkanes) is 12. The molecule has 0 aliphatic carbocycles. The first-order valence-corrected chi connectivity index (χ1v) is 12.4. The molecular weight excluding hydrogens is 359 g/mol. The van der Waals surface area contributed by atoms with E-state index in [1.54, 1.807) is 11.1 Å². The molecule has 0 amide bonds. The van der Waals surface area contributed by atoms with Gasteiger partial charge >= 0.3 is 0 Å². The zero-order valence-corrected chi connectivity index (χ0v) is 21.8. The van der Waals surface area contributed by atoms with Gasteiger partial charge in [-0.05, 0) is 47.6 Å². The summed E-state index contributed by atoms with van der Waals surface area (Å²) in [5.41, 5.74) is 3.27. The van der Waals surface area contributed by atoms with Gasteiger partial charge in [0.15, 0.2) is 0 Å². The van der Waals surface area contributed by atoms with Crippen LogP contribution in [0.5, 0.6) is 0 Å². The Morgan fingerprint density at radius 2 is 1.03 bits per heavy atom. The van der Waals surface area contributed by atoms with E-state index in [9.17, 15) is 0 Å². The summed E-state index contributed by atoms with van der Waals surface area (Å²) in [6.45, 7) is 4.60. The molecule has 0 N–H and O–H groups in total. The molecule has 0 spiro atoms. The summed E-state index contributed by atoms with van der Waals surface area (Å²) in [4.78, 5) is 0. The average Bonchev–Trinajstić information content (AvgIpc) is 2.73. The van der Waals surface area contributed by atoms with Gasteiger partial charge in [-0.3, -0.25) is 0 Å². The van der Waals surface area contributed by atoms with Crippen LogP contribution in [0.4, 0.5) is 0 Å². The zero-order chi connectivity index (χ0) is 19.9. The van der Waals surface area contributed by atoms with Crippen LogP contribution < -0.4 is 0 Å². The second-order valence-electron chi connectivity index (χ2n) is 8.67. The molecule has 29 heavy (non-hydrogen) atoms. The van der Waals surface area contributed by atoms with Crippen LogP contribution in [-0.4, -0.2) is 29.6 Å². The Labute approximate surface area is 203 Å². The summed E-state index contributed by atoms with van der Waals surface area (Å²) in [6, 6.07) is 13.8. The Bertz CT molecular complexity index is 646. The van der Waals surface area contributed by atoms with Gasteiger partial charge in [-0.25, -0.2) is 0 Å². The monoisotopic (exact) mass is 403 g/mol. The molecule has 0 nitrogen and oxygen atoms in total. The van der Waals surface area contributed by atoms with Gasteiger partial charge in [0, 0.05) is 29.6 Å². The standard InChI is InChI=1S/C28H44.Na/c1-3-5-7-9-11-13-15-19-25-23-24-26-20-17-18-22-28(26)27(25)21-16-14-12-10-8-6-4-2;/h17-18,20,22-24H,3-16,19,21H2,1-2H3;. The first-order valence-electron chi connectivity index (χ1n) is 12.4. The minimum atomic E-state index is 0. The molecule has 2 aromatic carbocycles. The summed E-state index contributed by atoms with van der Waals surface area (Å²) < 4.78 is 0. The van der Waals surface area contributed by atoms with Gasteiger partial charge in [-0.15, -0.1) is 0 Å². The molecule has 1 radical (unpaired) electrons. The minimum Gasteiger partial charge on any atom is -0.0654 e. The van der Waals surface area contributed by atoms with E-state index in [0.29, 0.717) is 0 Å². The van der Waals surface area contributed by atoms with Crippen molar-refractivity contribution in [2.24, 2.45) is 0 Å². The van der Waals surface area contributed by atoms with E-state index in [2.05, 4.69) is 50.2 Å². The van der Waals surface area contributed by atoms with Gasteiger partial charge < -0.3 is 0 Å². The van der Waals surface area contributed by atoms with E-state index in [4.69, 9.17) is 0 Å². The van der Waals surface area contributed by atoms with Crippen LogP contribution in [0.1, 0.15) is 115 Å². The van der Waals surface area contributed by atoms with Gasteiger partial charge in [0.1, 0.15) is 0 Å². The molecule has 0 aliphatic rings. The van der Waals surface area contributed by atoms with Gasteiger partial charge in [0.2, 0.25) is 0 Å². The number of benzene rings is 2. The third kappa shape index (κ3) is 10.5. The third-order valence-electron chi connectivity index (χ3n) is 6.22. The molecule has 0 aliphatic heterocycles. The number of hydrogen-bond acceptors (Lipinski definition) is 0. The molecule has 1 heteroatoms. The molecule has 0 atom stereocenters. The molecule has 0 bridgehead atoms. The number of fused-ring (bicyclic) bond motifs is 1. The van der Waals surface area contributed by atoms with E-state index in [0.717, 1.165) is 0 Å². The van der Waals surface area contributed by atoms with E-state index in [1.807, 2.05) is 0 Å². The summed E-state index contributed by atoms with van der Waals surface area (Å²) in [7, 11) is 0. The minimum absolute atomic E-state index is 0. The average molecular weight is 404 g/mol. The first-order chi connectivity index (χ1) is 13.9. The molecule has 0 aromatic heterocycles. The van der Waals surface area contributed by atoms with Crippen molar-refractivity contribution in [2.75, 3.05) is 0 Å². The molecule has 0 saturated heterocycles. The molecule has 0 heterocycles. The Hall–Kier alpha value is -0.300. The van der Waals surface area contributed by atoms with Crippen molar-refractivity contribution in [2.45, 2.75) is 117 Å². The van der Waals surface area contributed by atoms with Gasteiger partial charge in [0.05, 0.1) is 0 Å². The Morgan fingerprint density at radius 3 is 1.66 bits per heavy atom. The quantitative estimate of drug-likeness (QED) is 0.194. The second kappa shape index (κ2) is 17.4. The van der Waals surface area contributed by atoms with Crippen LogP contribution in [0.3, 0.4) is 0 Å². The molecule has 2 rings (SSSR count). The normalized spacial score (nSPS) is 11.0. The van der Waals surface area contributed by atoms with Crippen LogP contribution in [-0.2, 0) is 12.8 Å². The summed E-state index contributed by atoms with van der Waals surface area (Å²) in [6.07, 6.45) is 22.1. The molecular formula is C28H44Na. The molecule has 157 valence electrons. The molecule has 0 fully saturated rings. The molecule has 0 saturated carbocycles. The fourth-order valence-corrected chi connectivity index (χ4v) is 4.44. The van der Waals surface area contributed by atoms with Crippen LogP contribution in [0.15, 0.2) is 36.4 Å².